The second-order valence-corrected chi connectivity index (χ2v) is 6.18. The second-order valence-electron chi connectivity index (χ2n) is 6.18. The summed E-state index contributed by atoms with van der Waals surface area (Å²) in [4.78, 5) is 11.6. The minimum absolute atomic E-state index is 0.699. The van der Waals surface area contributed by atoms with Gasteiger partial charge in [0, 0.05) is 25.7 Å². The van der Waals surface area contributed by atoms with E-state index in [0.29, 0.717) is 5.92 Å². The van der Waals surface area contributed by atoms with Crippen LogP contribution in [0.15, 0.2) is 12.4 Å². The minimum atomic E-state index is 0.699. The highest BCUT2D eigenvalue weighted by atomic mass is 15.2. The van der Waals surface area contributed by atoms with Crippen LogP contribution < -0.4 is 5.32 Å². The summed E-state index contributed by atoms with van der Waals surface area (Å²) in [6.07, 6.45) is 9.21. The fraction of sp³-hybridized carbons (Fsp3) is 0.750. The van der Waals surface area contributed by atoms with E-state index in [0.717, 1.165) is 37.2 Å². The summed E-state index contributed by atoms with van der Waals surface area (Å²) < 4.78 is 0. The highest BCUT2D eigenvalue weighted by Gasteiger charge is 2.23. The minimum Gasteiger partial charge on any atom is -0.369 e. The zero-order valence-electron chi connectivity index (χ0n) is 13.1. The molecule has 0 spiro atoms. The molecule has 112 valence electrons. The molecule has 1 aliphatic carbocycles. The first-order valence-corrected chi connectivity index (χ1v) is 7.98. The molecule has 1 aromatic rings. The summed E-state index contributed by atoms with van der Waals surface area (Å²) >= 11 is 0. The zero-order chi connectivity index (χ0) is 14.4. The van der Waals surface area contributed by atoms with Gasteiger partial charge in [0.1, 0.15) is 5.82 Å². The summed E-state index contributed by atoms with van der Waals surface area (Å²) in [6, 6.07) is 0.743. The molecule has 0 amide bonds. The first-order chi connectivity index (χ1) is 9.69. The molecule has 4 nitrogen and oxygen atoms in total. The molecular formula is C16H28N4. The molecule has 1 saturated carbocycles. The van der Waals surface area contributed by atoms with Crippen molar-refractivity contribution >= 4 is 5.82 Å². The molecule has 0 bridgehead atoms. The van der Waals surface area contributed by atoms with Gasteiger partial charge in [-0.25, -0.2) is 4.98 Å². The molecule has 1 aliphatic rings. The Morgan fingerprint density at radius 1 is 1.25 bits per heavy atom. The molecule has 20 heavy (non-hydrogen) atoms. The molecule has 4 heteroatoms. The Labute approximate surface area is 123 Å². The topological polar surface area (TPSA) is 41.1 Å². The van der Waals surface area contributed by atoms with Gasteiger partial charge in [-0.3, -0.25) is 9.88 Å². The van der Waals surface area contributed by atoms with Crippen LogP contribution in [-0.2, 0) is 6.54 Å². The van der Waals surface area contributed by atoms with Crippen molar-refractivity contribution < 1.29 is 0 Å². The highest BCUT2D eigenvalue weighted by molar-refractivity contribution is 5.30. The number of aromatic nitrogens is 2. The standard InChI is InChI=1S/C16H28N4/c1-4-17-16-10-18-14(9-19-16)12-20(11-13(2)3)15-7-5-6-8-15/h9-10,13,15H,4-8,11-12H2,1-3H3,(H,17,19). The van der Waals surface area contributed by atoms with E-state index in [9.17, 15) is 0 Å². The first kappa shape index (κ1) is 15.2. The number of nitrogens with zero attached hydrogens (tertiary/aromatic N) is 3. The van der Waals surface area contributed by atoms with Gasteiger partial charge in [-0.2, -0.15) is 0 Å². The lowest BCUT2D eigenvalue weighted by Gasteiger charge is -2.30. The van der Waals surface area contributed by atoms with Gasteiger partial charge in [0.2, 0.25) is 0 Å². The lowest BCUT2D eigenvalue weighted by Crippen LogP contribution is -2.36. The molecule has 0 aromatic carbocycles. The lowest BCUT2D eigenvalue weighted by atomic mass is 10.1. The largest absolute Gasteiger partial charge is 0.369 e. The van der Waals surface area contributed by atoms with E-state index in [1.165, 1.54) is 25.7 Å². The average molecular weight is 276 g/mol. The molecule has 0 saturated heterocycles. The van der Waals surface area contributed by atoms with Crippen molar-refractivity contribution in [3.8, 4) is 0 Å². The van der Waals surface area contributed by atoms with Crippen LogP contribution >= 0.6 is 0 Å². The van der Waals surface area contributed by atoms with Crippen LogP contribution in [0.25, 0.3) is 0 Å². The first-order valence-electron chi connectivity index (χ1n) is 7.98. The van der Waals surface area contributed by atoms with Crippen molar-refractivity contribution in [2.75, 3.05) is 18.4 Å². The number of hydrogen-bond acceptors (Lipinski definition) is 4. The third-order valence-corrected chi connectivity index (χ3v) is 3.87. The van der Waals surface area contributed by atoms with Gasteiger partial charge < -0.3 is 5.32 Å². The second kappa shape index (κ2) is 7.58. The molecule has 1 fully saturated rings. The summed E-state index contributed by atoms with van der Waals surface area (Å²) in [5, 5.41) is 3.19. The van der Waals surface area contributed by atoms with Gasteiger partial charge in [0.25, 0.3) is 0 Å². The van der Waals surface area contributed by atoms with E-state index in [2.05, 4.69) is 41.0 Å². The van der Waals surface area contributed by atoms with Crippen LogP contribution in [0.2, 0.25) is 0 Å². The van der Waals surface area contributed by atoms with E-state index in [4.69, 9.17) is 0 Å². The molecule has 1 aromatic heterocycles. The smallest absolute Gasteiger partial charge is 0.144 e. The maximum Gasteiger partial charge on any atom is 0.144 e. The van der Waals surface area contributed by atoms with Crippen molar-refractivity contribution in [2.45, 2.75) is 59.0 Å². The van der Waals surface area contributed by atoms with Gasteiger partial charge in [0.15, 0.2) is 0 Å². The van der Waals surface area contributed by atoms with Gasteiger partial charge in [-0.15, -0.1) is 0 Å². The van der Waals surface area contributed by atoms with E-state index < -0.39 is 0 Å². The molecule has 1 heterocycles. The van der Waals surface area contributed by atoms with Crippen molar-refractivity contribution in [1.29, 1.82) is 0 Å². The third kappa shape index (κ3) is 4.44. The number of anilines is 1. The Morgan fingerprint density at radius 2 is 2.00 bits per heavy atom. The maximum absolute atomic E-state index is 4.55. The Balaban J connectivity index is 1.98. The SMILES string of the molecule is CCNc1cnc(CN(CC(C)C)C2CCCC2)cn1. The molecule has 0 radical (unpaired) electrons. The Bertz CT molecular complexity index is 382. The average Bonchev–Trinajstić information content (AvgIpc) is 2.94. The van der Waals surface area contributed by atoms with E-state index in [-0.39, 0.29) is 0 Å². The Kier molecular flexibility index (Phi) is 5.77. The van der Waals surface area contributed by atoms with Crippen LogP contribution in [0, 0.1) is 5.92 Å². The van der Waals surface area contributed by atoms with E-state index in [1.807, 2.05) is 12.4 Å². The van der Waals surface area contributed by atoms with Gasteiger partial charge in [-0.1, -0.05) is 26.7 Å². The molecule has 1 N–H and O–H groups in total. The summed E-state index contributed by atoms with van der Waals surface area (Å²) in [6.45, 7) is 9.63. The van der Waals surface area contributed by atoms with Gasteiger partial charge >= 0.3 is 0 Å². The molecule has 0 atom stereocenters. The molecular weight excluding hydrogens is 248 g/mol. The lowest BCUT2D eigenvalue weighted by molar-refractivity contribution is 0.166. The highest BCUT2D eigenvalue weighted by Crippen LogP contribution is 2.25. The van der Waals surface area contributed by atoms with Crippen molar-refractivity contribution in [3.63, 3.8) is 0 Å². The maximum atomic E-state index is 4.55. The molecule has 0 aliphatic heterocycles. The van der Waals surface area contributed by atoms with Crippen LogP contribution in [0.1, 0.15) is 52.1 Å². The van der Waals surface area contributed by atoms with Gasteiger partial charge in [-0.05, 0) is 25.7 Å². The van der Waals surface area contributed by atoms with E-state index >= 15 is 0 Å². The molecule has 0 unspecified atom stereocenters. The van der Waals surface area contributed by atoms with Crippen molar-refractivity contribution in [1.82, 2.24) is 14.9 Å². The normalized spacial score (nSPS) is 16.2. The van der Waals surface area contributed by atoms with E-state index in [1.54, 1.807) is 0 Å². The monoisotopic (exact) mass is 276 g/mol. The summed E-state index contributed by atoms with van der Waals surface area (Å²) in [5.41, 5.74) is 1.08. The Morgan fingerprint density at radius 3 is 2.55 bits per heavy atom. The fourth-order valence-corrected chi connectivity index (χ4v) is 3.00. The van der Waals surface area contributed by atoms with Crippen molar-refractivity contribution in [2.24, 2.45) is 5.92 Å². The Hall–Kier alpha value is -1.16. The summed E-state index contributed by atoms with van der Waals surface area (Å²) in [5.74, 6) is 1.57. The predicted molar refractivity (Wildman–Crippen MR) is 83.7 cm³/mol. The fourth-order valence-electron chi connectivity index (χ4n) is 3.00. The zero-order valence-corrected chi connectivity index (χ0v) is 13.1. The van der Waals surface area contributed by atoms with Gasteiger partial charge in [0.05, 0.1) is 18.1 Å². The molecule has 2 rings (SSSR count). The quantitative estimate of drug-likeness (QED) is 0.829. The summed E-state index contributed by atoms with van der Waals surface area (Å²) in [7, 11) is 0. The van der Waals surface area contributed by atoms with Crippen LogP contribution in [0.3, 0.4) is 0 Å². The van der Waals surface area contributed by atoms with Crippen LogP contribution in [0.4, 0.5) is 5.82 Å². The number of hydrogen-bond donors (Lipinski definition) is 1. The number of nitrogens with one attached hydrogen (secondary N) is 1. The van der Waals surface area contributed by atoms with Crippen LogP contribution in [-0.4, -0.2) is 34.0 Å². The number of rotatable bonds is 7. The predicted octanol–water partition coefficient (Wildman–Crippen LogP) is 3.31. The van der Waals surface area contributed by atoms with Crippen molar-refractivity contribution in [3.05, 3.63) is 18.1 Å². The van der Waals surface area contributed by atoms with Crippen LogP contribution in [0.5, 0.6) is 0 Å². The third-order valence-electron chi connectivity index (χ3n) is 3.87.